The Morgan fingerprint density at radius 2 is 2.07 bits per heavy atom. The second-order valence-electron chi connectivity index (χ2n) is 5.63. The Labute approximate surface area is 176 Å². The van der Waals surface area contributed by atoms with E-state index < -0.39 is 0 Å². The van der Waals surface area contributed by atoms with Gasteiger partial charge in [-0.3, -0.25) is 0 Å². The van der Waals surface area contributed by atoms with Gasteiger partial charge in [0.05, 0.1) is 20.2 Å². The van der Waals surface area contributed by atoms with Gasteiger partial charge in [0.15, 0.2) is 5.96 Å². The van der Waals surface area contributed by atoms with Crippen LogP contribution in [-0.4, -0.2) is 37.2 Å². The molecule has 6 nitrogen and oxygen atoms in total. The highest BCUT2D eigenvalue weighted by molar-refractivity contribution is 14.0. The lowest BCUT2D eigenvalue weighted by atomic mass is 10.3. The number of nitrogens with zero attached hydrogens (tertiary/aromatic N) is 2. The minimum absolute atomic E-state index is 0. The number of aromatic nitrogens is 1. The number of hydrogen-bond donors (Lipinski definition) is 2. The van der Waals surface area contributed by atoms with Crippen molar-refractivity contribution < 1.29 is 13.9 Å². The quantitative estimate of drug-likeness (QED) is 0.339. The van der Waals surface area contributed by atoms with Gasteiger partial charge < -0.3 is 20.1 Å². The highest BCUT2D eigenvalue weighted by atomic mass is 127. The van der Waals surface area contributed by atoms with E-state index in [4.69, 9.17) is 9.47 Å². The van der Waals surface area contributed by atoms with Gasteiger partial charge in [0.25, 0.3) is 0 Å². The van der Waals surface area contributed by atoms with Gasteiger partial charge in [-0.15, -0.1) is 24.0 Å². The normalized spacial score (nSPS) is 11.9. The number of ether oxygens (including phenoxy) is 2. The number of guanidine groups is 1. The number of methoxy groups -OCH3 is 1. The third-order valence-electron chi connectivity index (χ3n) is 3.49. The Morgan fingerprint density at radius 1 is 1.26 bits per heavy atom. The zero-order valence-corrected chi connectivity index (χ0v) is 18.1. The van der Waals surface area contributed by atoms with Gasteiger partial charge in [-0.1, -0.05) is 12.1 Å². The highest BCUT2D eigenvalue weighted by Crippen LogP contribution is 2.15. The molecule has 27 heavy (non-hydrogen) atoms. The molecule has 148 valence electrons. The first-order chi connectivity index (χ1) is 12.6. The van der Waals surface area contributed by atoms with Crippen LogP contribution in [0, 0.1) is 5.82 Å². The summed E-state index contributed by atoms with van der Waals surface area (Å²) in [5.41, 5.74) is 0.899. The first-order valence-corrected chi connectivity index (χ1v) is 8.54. The first-order valence-electron chi connectivity index (χ1n) is 8.54. The minimum atomic E-state index is -0.317. The van der Waals surface area contributed by atoms with Crippen molar-refractivity contribution in [3.63, 3.8) is 0 Å². The van der Waals surface area contributed by atoms with E-state index in [1.54, 1.807) is 25.4 Å². The van der Waals surface area contributed by atoms with Gasteiger partial charge in [0.2, 0.25) is 5.88 Å². The van der Waals surface area contributed by atoms with E-state index in [9.17, 15) is 4.39 Å². The molecule has 1 atom stereocenters. The largest absolute Gasteiger partial charge is 0.489 e. The molecule has 1 heterocycles. The molecule has 1 aromatic heterocycles. The summed E-state index contributed by atoms with van der Waals surface area (Å²) in [5.74, 6) is 1.41. The molecule has 0 saturated carbocycles. The lowest BCUT2D eigenvalue weighted by molar-refractivity contribution is 0.223. The van der Waals surface area contributed by atoms with Crippen LogP contribution in [0.25, 0.3) is 0 Å². The maximum absolute atomic E-state index is 13.2. The molecule has 1 aromatic carbocycles. The monoisotopic (exact) mass is 488 g/mol. The molecule has 2 N–H and O–H groups in total. The minimum Gasteiger partial charge on any atom is -0.489 e. The molecule has 0 saturated heterocycles. The van der Waals surface area contributed by atoms with Crippen LogP contribution in [0.3, 0.4) is 0 Å². The third kappa shape index (κ3) is 7.98. The van der Waals surface area contributed by atoms with Gasteiger partial charge in [0, 0.05) is 24.4 Å². The first kappa shape index (κ1) is 22.9. The van der Waals surface area contributed by atoms with Crippen molar-refractivity contribution in [2.24, 2.45) is 4.99 Å². The van der Waals surface area contributed by atoms with Crippen molar-refractivity contribution in [1.29, 1.82) is 0 Å². The number of hydrogen-bond acceptors (Lipinski definition) is 4. The summed E-state index contributed by atoms with van der Waals surface area (Å²) in [4.78, 5) is 8.71. The number of pyridine rings is 1. The fraction of sp³-hybridized carbons (Fsp3) is 0.368. The Hall–Kier alpha value is -2.10. The lowest BCUT2D eigenvalue weighted by Gasteiger charge is -2.17. The van der Waals surface area contributed by atoms with E-state index in [0.29, 0.717) is 30.7 Å². The molecule has 0 radical (unpaired) electrons. The molecule has 0 bridgehead atoms. The summed E-state index contributed by atoms with van der Waals surface area (Å²) in [6.07, 6.45) is 1.52. The molecule has 0 spiro atoms. The van der Waals surface area contributed by atoms with Gasteiger partial charge in [-0.2, -0.15) is 0 Å². The van der Waals surface area contributed by atoms with Crippen molar-refractivity contribution in [3.8, 4) is 11.6 Å². The molecule has 0 aliphatic rings. The molecule has 2 rings (SSSR count). The smallest absolute Gasteiger partial charge is 0.218 e. The van der Waals surface area contributed by atoms with Gasteiger partial charge in [-0.25, -0.2) is 14.4 Å². The van der Waals surface area contributed by atoms with Crippen LogP contribution in [0.4, 0.5) is 4.39 Å². The topological polar surface area (TPSA) is 67.8 Å². The molecular formula is C19H26FIN4O2. The number of aliphatic imine (C=N–C) groups is 1. The van der Waals surface area contributed by atoms with E-state index in [0.717, 1.165) is 12.1 Å². The van der Waals surface area contributed by atoms with Gasteiger partial charge in [-0.05, 0) is 32.0 Å². The molecule has 0 aliphatic carbocycles. The van der Waals surface area contributed by atoms with Crippen LogP contribution in [-0.2, 0) is 6.54 Å². The van der Waals surface area contributed by atoms with E-state index >= 15 is 0 Å². The average Bonchev–Trinajstić information content (AvgIpc) is 2.64. The fourth-order valence-electron chi connectivity index (χ4n) is 2.29. The second-order valence-corrected chi connectivity index (χ2v) is 5.63. The Morgan fingerprint density at radius 3 is 2.78 bits per heavy atom. The number of benzene rings is 1. The summed E-state index contributed by atoms with van der Waals surface area (Å²) >= 11 is 0. The average molecular weight is 488 g/mol. The highest BCUT2D eigenvalue weighted by Gasteiger charge is 2.07. The van der Waals surface area contributed by atoms with E-state index in [2.05, 4.69) is 20.6 Å². The second kappa shape index (κ2) is 12.3. The standard InChI is InChI=1S/C19H25FN4O2.HI/c1-4-21-19(24-13-15-7-6-10-22-18(15)25-3)23-12-14(2)26-17-9-5-8-16(20)11-17;/h5-11,14H,4,12-13H2,1-3H3,(H2,21,23,24);1H. The molecule has 0 fully saturated rings. The lowest BCUT2D eigenvalue weighted by Crippen LogP contribution is -2.41. The van der Waals surface area contributed by atoms with E-state index in [1.807, 2.05) is 26.0 Å². The van der Waals surface area contributed by atoms with Crippen LogP contribution in [0.5, 0.6) is 11.6 Å². The van der Waals surface area contributed by atoms with E-state index in [-0.39, 0.29) is 35.9 Å². The van der Waals surface area contributed by atoms with Crippen LogP contribution >= 0.6 is 24.0 Å². The van der Waals surface area contributed by atoms with Crippen molar-refractivity contribution in [2.75, 3.05) is 20.2 Å². The van der Waals surface area contributed by atoms with Crippen molar-refractivity contribution in [2.45, 2.75) is 26.5 Å². The summed E-state index contributed by atoms with van der Waals surface area (Å²) < 4.78 is 24.2. The van der Waals surface area contributed by atoms with Gasteiger partial charge in [0.1, 0.15) is 17.7 Å². The van der Waals surface area contributed by atoms with Crippen molar-refractivity contribution in [1.82, 2.24) is 15.6 Å². The van der Waals surface area contributed by atoms with Crippen molar-refractivity contribution in [3.05, 3.63) is 54.0 Å². The summed E-state index contributed by atoms with van der Waals surface area (Å²) in [5, 5.41) is 6.40. The number of rotatable bonds is 8. The Balaban J connectivity index is 0.00000364. The molecule has 0 amide bonds. The maximum atomic E-state index is 13.2. The SMILES string of the molecule is CCNC(=NCc1cccnc1OC)NCC(C)Oc1cccc(F)c1.I. The van der Waals surface area contributed by atoms with Crippen LogP contribution in [0.15, 0.2) is 47.6 Å². The Bertz CT molecular complexity index is 730. The molecule has 0 aliphatic heterocycles. The van der Waals surface area contributed by atoms with E-state index in [1.165, 1.54) is 12.1 Å². The zero-order valence-electron chi connectivity index (χ0n) is 15.7. The van der Waals surface area contributed by atoms with Crippen LogP contribution in [0.2, 0.25) is 0 Å². The number of halogens is 2. The van der Waals surface area contributed by atoms with Crippen molar-refractivity contribution >= 4 is 29.9 Å². The third-order valence-corrected chi connectivity index (χ3v) is 3.49. The maximum Gasteiger partial charge on any atom is 0.218 e. The van der Waals surface area contributed by atoms with Crippen LogP contribution in [0.1, 0.15) is 19.4 Å². The molecule has 2 aromatic rings. The Kier molecular flexibility index (Phi) is 10.5. The molecule has 1 unspecified atom stereocenters. The van der Waals surface area contributed by atoms with Gasteiger partial charge >= 0.3 is 0 Å². The summed E-state index contributed by atoms with van der Waals surface area (Å²) in [6, 6.07) is 9.88. The zero-order chi connectivity index (χ0) is 18.8. The van der Waals surface area contributed by atoms with Crippen LogP contribution < -0.4 is 20.1 Å². The number of nitrogens with one attached hydrogen (secondary N) is 2. The fourth-order valence-corrected chi connectivity index (χ4v) is 2.29. The summed E-state index contributed by atoms with van der Waals surface area (Å²) in [7, 11) is 1.59. The molecule has 8 heteroatoms. The predicted octanol–water partition coefficient (Wildman–Crippen LogP) is 3.37. The summed E-state index contributed by atoms with van der Waals surface area (Å²) in [6.45, 7) is 5.59. The molecular weight excluding hydrogens is 462 g/mol. The predicted molar refractivity (Wildman–Crippen MR) is 116 cm³/mol.